The molecule has 0 aliphatic heterocycles. The van der Waals surface area contributed by atoms with Crippen LogP contribution in [-0.2, 0) is 0 Å². The first kappa shape index (κ1) is 13.9. The highest BCUT2D eigenvalue weighted by Gasteiger charge is 2.40. The van der Waals surface area contributed by atoms with Gasteiger partial charge in [0.1, 0.15) is 5.54 Å². The van der Waals surface area contributed by atoms with Crippen molar-refractivity contribution in [2.24, 2.45) is 16.8 Å². The fourth-order valence-corrected chi connectivity index (χ4v) is 3.11. The zero-order chi connectivity index (χ0) is 13.9. The van der Waals surface area contributed by atoms with Crippen molar-refractivity contribution in [3.8, 4) is 0 Å². The second kappa shape index (κ2) is 5.61. The number of amides is 1. The molecule has 1 amide bonds. The van der Waals surface area contributed by atoms with E-state index in [9.17, 15) is 4.79 Å². The Kier molecular flexibility index (Phi) is 4.09. The molecule has 1 aromatic rings. The third-order valence-corrected chi connectivity index (χ3v) is 4.55. The van der Waals surface area contributed by atoms with Gasteiger partial charge in [-0.1, -0.05) is 12.1 Å². The van der Waals surface area contributed by atoms with Gasteiger partial charge < -0.3 is 16.3 Å². The molecule has 2 rings (SSSR count). The lowest BCUT2D eigenvalue weighted by molar-refractivity contribution is 0.0898. The van der Waals surface area contributed by atoms with E-state index in [0.29, 0.717) is 24.3 Å². The van der Waals surface area contributed by atoms with Gasteiger partial charge in [-0.15, -0.1) is 0 Å². The van der Waals surface area contributed by atoms with Crippen molar-refractivity contribution in [1.29, 1.82) is 0 Å². The van der Waals surface area contributed by atoms with E-state index in [4.69, 9.17) is 10.9 Å². The van der Waals surface area contributed by atoms with Crippen molar-refractivity contribution in [2.75, 3.05) is 0 Å². The fraction of sp³-hybridized carbons (Fsp3) is 0.538. The standard InChI is InChI=1S/C13H19N3O2S/c1-9-2-5-13(6-3-9,12(14)16-18)15-11(17)10-4-7-19-8-10/h4,7-9,18H,2-3,5-6H2,1H3,(H2,14,16)(H,15,17). The van der Waals surface area contributed by atoms with Gasteiger partial charge in [0.05, 0.1) is 5.56 Å². The highest BCUT2D eigenvalue weighted by atomic mass is 32.1. The molecule has 19 heavy (non-hydrogen) atoms. The van der Waals surface area contributed by atoms with Crippen LogP contribution in [0.1, 0.15) is 43.0 Å². The number of carbonyl (C=O) groups excluding carboxylic acids is 1. The predicted octanol–water partition coefficient (Wildman–Crippen LogP) is 2.17. The van der Waals surface area contributed by atoms with Crippen LogP contribution in [0, 0.1) is 5.92 Å². The number of carbonyl (C=O) groups is 1. The van der Waals surface area contributed by atoms with Gasteiger partial charge in [0.25, 0.3) is 5.91 Å². The van der Waals surface area contributed by atoms with Gasteiger partial charge in [-0.25, -0.2) is 0 Å². The average Bonchev–Trinajstić information content (AvgIpc) is 2.95. The molecule has 1 fully saturated rings. The monoisotopic (exact) mass is 281 g/mol. The summed E-state index contributed by atoms with van der Waals surface area (Å²) < 4.78 is 0. The summed E-state index contributed by atoms with van der Waals surface area (Å²) in [6.45, 7) is 2.18. The van der Waals surface area contributed by atoms with Crippen molar-refractivity contribution in [1.82, 2.24) is 5.32 Å². The number of hydrogen-bond donors (Lipinski definition) is 3. The number of hydrogen-bond acceptors (Lipinski definition) is 4. The molecule has 1 heterocycles. The number of thiophene rings is 1. The summed E-state index contributed by atoms with van der Waals surface area (Å²) in [4.78, 5) is 12.2. The maximum absolute atomic E-state index is 12.2. The Bertz CT molecular complexity index is 462. The number of amidine groups is 1. The van der Waals surface area contributed by atoms with Crippen LogP contribution in [0.5, 0.6) is 0 Å². The van der Waals surface area contributed by atoms with Gasteiger partial charge >= 0.3 is 0 Å². The van der Waals surface area contributed by atoms with Gasteiger partial charge in [0, 0.05) is 5.38 Å². The molecule has 1 aromatic heterocycles. The summed E-state index contributed by atoms with van der Waals surface area (Å²) in [5, 5.41) is 18.7. The predicted molar refractivity (Wildman–Crippen MR) is 75.6 cm³/mol. The highest BCUT2D eigenvalue weighted by Crippen LogP contribution is 2.32. The lowest BCUT2D eigenvalue weighted by atomic mass is 9.76. The molecule has 0 radical (unpaired) electrons. The van der Waals surface area contributed by atoms with E-state index in [1.54, 1.807) is 11.4 Å². The van der Waals surface area contributed by atoms with Crippen molar-refractivity contribution in [3.05, 3.63) is 22.4 Å². The maximum Gasteiger partial charge on any atom is 0.252 e. The molecule has 0 bridgehead atoms. The zero-order valence-electron chi connectivity index (χ0n) is 10.9. The third kappa shape index (κ3) is 2.89. The average molecular weight is 281 g/mol. The molecule has 6 heteroatoms. The van der Waals surface area contributed by atoms with Gasteiger partial charge in [-0.05, 0) is 43.0 Å². The quantitative estimate of drug-likeness (QED) is 0.343. The molecule has 4 N–H and O–H groups in total. The second-order valence-electron chi connectivity index (χ2n) is 5.22. The van der Waals surface area contributed by atoms with Crippen LogP contribution in [-0.4, -0.2) is 22.5 Å². The number of nitrogens with two attached hydrogens (primary N) is 1. The van der Waals surface area contributed by atoms with Gasteiger partial charge in [0.2, 0.25) is 0 Å². The number of oxime groups is 1. The number of rotatable bonds is 3. The first-order chi connectivity index (χ1) is 9.07. The topological polar surface area (TPSA) is 87.7 Å². The van der Waals surface area contributed by atoms with Crippen LogP contribution in [0.15, 0.2) is 22.0 Å². The van der Waals surface area contributed by atoms with Crippen LogP contribution >= 0.6 is 11.3 Å². The summed E-state index contributed by atoms with van der Waals surface area (Å²) in [6.07, 6.45) is 3.33. The van der Waals surface area contributed by atoms with Crippen LogP contribution in [0.2, 0.25) is 0 Å². The Morgan fingerprint density at radius 3 is 2.79 bits per heavy atom. The van der Waals surface area contributed by atoms with Crippen LogP contribution in [0.3, 0.4) is 0 Å². The van der Waals surface area contributed by atoms with Crippen molar-refractivity contribution >= 4 is 23.1 Å². The Hall–Kier alpha value is -1.56. The number of nitrogens with zero attached hydrogens (tertiary/aromatic N) is 1. The largest absolute Gasteiger partial charge is 0.409 e. The van der Waals surface area contributed by atoms with E-state index in [1.807, 2.05) is 5.38 Å². The summed E-state index contributed by atoms with van der Waals surface area (Å²) >= 11 is 1.47. The van der Waals surface area contributed by atoms with E-state index in [0.717, 1.165) is 12.8 Å². The first-order valence-electron chi connectivity index (χ1n) is 6.40. The van der Waals surface area contributed by atoms with Crippen LogP contribution < -0.4 is 11.1 Å². The van der Waals surface area contributed by atoms with E-state index >= 15 is 0 Å². The Labute approximate surface area is 116 Å². The lowest BCUT2D eigenvalue weighted by Gasteiger charge is -2.38. The van der Waals surface area contributed by atoms with Crippen LogP contribution in [0.4, 0.5) is 0 Å². The summed E-state index contributed by atoms with van der Waals surface area (Å²) in [5.41, 5.74) is 5.73. The smallest absolute Gasteiger partial charge is 0.252 e. The third-order valence-electron chi connectivity index (χ3n) is 3.86. The molecule has 0 spiro atoms. The Morgan fingerprint density at radius 2 is 2.26 bits per heavy atom. The van der Waals surface area contributed by atoms with Gasteiger partial charge in [0.15, 0.2) is 5.84 Å². The van der Waals surface area contributed by atoms with E-state index in [-0.39, 0.29) is 11.7 Å². The summed E-state index contributed by atoms with van der Waals surface area (Å²) in [5.74, 6) is 0.544. The van der Waals surface area contributed by atoms with Crippen LogP contribution in [0.25, 0.3) is 0 Å². The van der Waals surface area contributed by atoms with E-state index < -0.39 is 5.54 Å². The minimum atomic E-state index is -0.708. The molecule has 0 aromatic carbocycles. The normalized spacial score (nSPS) is 28.1. The fourth-order valence-electron chi connectivity index (χ4n) is 2.48. The molecule has 0 saturated heterocycles. The van der Waals surface area contributed by atoms with Gasteiger partial charge in [-0.3, -0.25) is 4.79 Å². The summed E-state index contributed by atoms with van der Waals surface area (Å²) in [6, 6.07) is 1.77. The SMILES string of the molecule is CC1CCC(NC(=O)c2ccsc2)(/C(N)=N/O)CC1. The maximum atomic E-state index is 12.2. The molecule has 1 aliphatic rings. The molecule has 0 unspecified atom stereocenters. The van der Waals surface area contributed by atoms with E-state index in [2.05, 4.69) is 17.4 Å². The second-order valence-corrected chi connectivity index (χ2v) is 6.00. The summed E-state index contributed by atoms with van der Waals surface area (Å²) in [7, 11) is 0. The highest BCUT2D eigenvalue weighted by molar-refractivity contribution is 7.08. The molecule has 5 nitrogen and oxygen atoms in total. The molecule has 1 aliphatic carbocycles. The van der Waals surface area contributed by atoms with E-state index in [1.165, 1.54) is 11.3 Å². The minimum absolute atomic E-state index is 0.1000. The van der Waals surface area contributed by atoms with Crippen molar-refractivity contribution in [3.63, 3.8) is 0 Å². The lowest BCUT2D eigenvalue weighted by Crippen LogP contribution is -2.59. The minimum Gasteiger partial charge on any atom is -0.409 e. The molecule has 104 valence electrons. The Morgan fingerprint density at radius 1 is 1.58 bits per heavy atom. The molecular weight excluding hydrogens is 262 g/mol. The van der Waals surface area contributed by atoms with Gasteiger partial charge in [-0.2, -0.15) is 11.3 Å². The molecular formula is C13H19N3O2S. The van der Waals surface area contributed by atoms with Crippen molar-refractivity contribution < 1.29 is 10.0 Å². The zero-order valence-corrected chi connectivity index (χ0v) is 11.7. The molecule has 0 atom stereocenters. The van der Waals surface area contributed by atoms with Crippen molar-refractivity contribution in [2.45, 2.75) is 38.1 Å². The molecule has 1 saturated carbocycles. The Balaban J connectivity index is 2.17. The first-order valence-corrected chi connectivity index (χ1v) is 7.34. The number of nitrogens with one attached hydrogen (secondary N) is 1.